The van der Waals surface area contributed by atoms with Gasteiger partial charge in [-0.3, -0.25) is 9.59 Å². The predicted octanol–water partition coefficient (Wildman–Crippen LogP) is 3.38. The highest BCUT2D eigenvalue weighted by Crippen LogP contribution is 2.13. The summed E-state index contributed by atoms with van der Waals surface area (Å²) in [5.41, 5.74) is 1.35. The van der Waals surface area contributed by atoms with Gasteiger partial charge in [0.25, 0.3) is 11.8 Å². The molecule has 3 aromatic rings. The maximum atomic E-state index is 12.8. The molecule has 3 rings (SSSR count). The number of benzene rings is 2. The van der Waals surface area contributed by atoms with Crippen LogP contribution in [0.25, 0.3) is 6.08 Å². The molecule has 0 aliphatic heterocycles. The summed E-state index contributed by atoms with van der Waals surface area (Å²) in [6.45, 7) is 0.288. The van der Waals surface area contributed by atoms with Gasteiger partial charge in [-0.15, -0.1) is 0 Å². The fourth-order valence-corrected chi connectivity index (χ4v) is 2.63. The largest absolute Gasteiger partial charge is 0.497 e. The number of hydrogen-bond donors (Lipinski definition) is 2. The predicted molar refractivity (Wildman–Crippen MR) is 112 cm³/mol. The number of ether oxygens (including phenoxy) is 2. The molecule has 1 aromatic heterocycles. The Morgan fingerprint density at radius 3 is 2.13 bits per heavy atom. The van der Waals surface area contributed by atoms with E-state index in [4.69, 9.17) is 13.9 Å². The van der Waals surface area contributed by atoms with Gasteiger partial charge in [-0.1, -0.05) is 12.1 Å². The Kier molecular flexibility index (Phi) is 6.89. The van der Waals surface area contributed by atoms with Crippen LogP contribution in [-0.4, -0.2) is 26.0 Å². The zero-order valence-electron chi connectivity index (χ0n) is 16.7. The first-order chi connectivity index (χ1) is 14.6. The molecule has 0 aliphatic carbocycles. The maximum absolute atomic E-state index is 12.8. The van der Waals surface area contributed by atoms with Crippen LogP contribution in [0.15, 0.2) is 77.0 Å². The lowest BCUT2D eigenvalue weighted by molar-refractivity contribution is -0.117. The van der Waals surface area contributed by atoms with Gasteiger partial charge in [0, 0.05) is 18.2 Å². The molecule has 2 aromatic carbocycles. The highest BCUT2D eigenvalue weighted by atomic mass is 16.5. The zero-order chi connectivity index (χ0) is 21.3. The highest BCUT2D eigenvalue weighted by Gasteiger charge is 2.15. The van der Waals surface area contributed by atoms with Gasteiger partial charge in [-0.05, 0) is 54.1 Å². The van der Waals surface area contributed by atoms with Gasteiger partial charge in [0.1, 0.15) is 23.0 Å². The van der Waals surface area contributed by atoms with Gasteiger partial charge in [-0.25, -0.2) is 0 Å². The third-order valence-corrected chi connectivity index (χ3v) is 4.29. The molecule has 0 aliphatic rings. The molecule has 0 spiro atoms. The molecule has 154 valence electrons. The SMILES string of the molecule is COc1ccc(CNC(=O)/C(=C/c2ccco2)NC(=O)c2ccc(OC)cc2)cc1. The van der Waals surface area contributed by atoms with Crippen LogP contribution in [-0.2, 0) is 11.3 Å². The summed E-state index contributed by atoms with van der Waals surface area (Å²) in [5, 5.41) is 5.45. The summed E-state index contributed by atoms with van der Waals surface area (Å²) in [4.78, 5) is 25.4. The molecular formula is C23H22N2O5. The van der Waals surface area contributed by atoms with Crippen molar-refractivity contribution in [2.24, 2.45) is 0 Å². The first kappa shape index (κ1) is 20.7. The van der Waals surface area contributed by atoms with Gasteiger partial charge >= 0.3 is 0 Å². The van der Waals surface area contributed by atoms with Crippen LogP contribution in [0.2, 0.25) is 0 Å². The van der Waals surface area contributed by atoms with Crippen LogP contribution >= 0.6 is 0 Å². The van der Waals surface area contributed by atoms with Gasteiger partial charge < -0.3 is 24.5 Å². The van der Waals surface area contributed by atoms with E-state index in [0.29, 0.717) is 17.1 Å². The minimum absolute atomic E-state index is 0.0688. The van der Waals surface area contributed by atoms with E-state index in [1.54, 1.807) is 50.6 Å². The lowest BCUT2D eigenvalue weighted by Crippen LogP contribution is -2.34. The van der Waals surface area contributed by atoms with E-state index < -0.39 is 11.8 Å². The van der Waals surface area contributed by atoms with Crippen LogP contribution in [0.4, 0.5) is 0 Å². The number of nitrogens with one attached hydrogen (secondary N) is 2. The second-order valence-corrected chi connectivity index (χ2v) is 6.29. The van der Waals surface area contributed by atoms with Crippen molar-refractivity contribution in [1.29, 1.82) is 0 Å². The Labute approximate surface area is 174 Å². The summed E-state index contributed by atoms with van der Waals surface area (Å²) in [6.07, 6.45) is 2.97. The molecule has 0 saturated heterocycles. The van der Waals surface area contributed by atoms with Crippen LogP contribution in [0.5, 0.6) is 11.5 Å². The molecule has 0 radical (unpaired) electrons. The van der Waals surface area contributed by atoms with Crippen molar-refractivity contribution in [3.8, 4) is 11.5 Å². The Bertz CT molecular complexity index is 1010. The van der Waals surface area contributed by atoms with E-state index in [2.05, 4.69) is 10.6 Å². The number of rotatable bonds is 8. The fourth-order valence-electron chi connectivity index (χ4n) is 2.63. The number of furan rings is 1. The fraction of sp³-hybridized carbons (Fsp3) is 0.130. The van der Waals surface area contributed by atoms with Gasteiger partial charge in [-0.2, -0.15) is 0 Å². The second-order valence-electron chi connectivity index (χ2n) is 6.29. The van der Waals surface area contributed by atoms with Crippen LogP contribution in [0.3, 0.4) is 0 Å². The quantitative estimate of drug-likeness (QED) is 0.560. The Morgan fingerprint density at radius 1 is 0.933 bits per heavy atom. The number of methoxy groups -OCH3 is 2. The van der Waals surface area contributed by atoms with Crippen LogP contribution in [0.1, 0.15) is 21.7 Å². The molecule has 0 unspecified atom stereocenters. The molecule has 7 heteroatoms. The number of carbonyl (C=O) groups is 2. The van der Waals surface area contributed by atoms with Crippen molar-refractivity contribution in [1.82, 2.24) is 10.6 Å². The first-order valence-electron chi connectivity index (χ1n) is 9.21. The molecule has 0 fully saturated rings. The average molecular weight is 406 g/mol. The second kappa shape index (κ2) is 9.97. The van der Waals surface area contributed by atoms with Crippen molar-refractivity contribution >= 4 is 17.9 Å². The van der Waals surface area contributed by atoms with Gasteiger partial charge in [0.05, 0.1) is 20.5 Å². The maximum Gasteiger partial charge on any atom is 0.268 e. The van der Waals surface area contributed by atoms with E-state index in [-0.39, 0.29) is 12.2 Å². The van der Waals surface area contributed by atoms with E-state index in [1.807, 2.05) is 24.3 Å². The van der Waals surface area contributed by atoms with Gasteiger partial charge in [0.15, 0.2) is 0 Å². The molecular weight excluding hydrogens is 384 g/mol. The average Bonchev–Trinajstić information content (AvgIpc) is 3.30. The molecule has 2 amide bonds. The normalized spacial score (nSPS) is 10.9. The van der Waals surface area contributed by atoms with Crippen molar-refractivity contribution in [3.05, 3.63) is 89.5 Å². The lowest BCUT2D eigenvalue weighted by Gasteiger charge is -2.11. The van der Waals surface area contributed by atoms with Crippen molar-refractivity contribution in [2.45, 2.75) is 6.54 Å². The topological polar surface area (TPSA) is 89.8 Å². The minimum Gasteiger partial charge on any atom is -0.497 e. The van der Waals surface area contributed by atoms with Crippen molar-refractivity contribution in [3.63, 3.8) is 0 Å². The van der Waals surface area contributed by atoms with Crippen LogP contribution < -0.4 is 20.1 Å². The van der Waals surface area contributed by atoms with E-state index >= 15 is 0 Å². The first-order valence-corrected chi connectivity index (χ1v) is 9.21. The summed E-state index contributed by atoms with van der Waals surface area (Å²) < 4.78 is 15.5. The number of amides is 2. The monoisotopic (exact) mass is 406 g/mol. The summed E-state index contributed by atoms with van der Waals surface area (Å²) in [5.74, 6) is 0.948. The van der Waals surface area contributed by atoms with Crippen molar-refractivity contribution < 1.29 is 23.5 Å². The van der Waals surface area contributed by atoms with E-state index in [1.165, 1.54) is 12.3 Å². The third-order valence-electron chi connectivity index (χ3n) is 4.29. The Hall–Kier alpha value is -4.00. The number of hydrogen-bond acceptors (Lipinski definition) is 5. The van der Waals surface area contributed by atoms with E-state index in [9.17, 15) is 9.59 Å². The minimum atomic E-state index is -0.441. The summed E-state index contributed by atoms with van der Waals surface area (Å²) in [6, 6.07) is 17.3. The molecule has 7 nitrogen and oxygen atoms in total. The van der Waals surface area contributed by atoms with Crippen LogP contribution in [0, 0.1) is 0 Å². The molecule has 0 atom stereocenters. The summed E-state index contributed by atoms with van der Waals surface area (Å²) in [7, 11) is 3.14. The molecule has 1 heterocycles. The zero-order valence-corrected chi connectivity index (χ0v) is 16.7. The standard InChI is InChI=1S/C23H22N2O5/c1-28-18-9-5-16(6-10-18)15-24-23(27)21(14-20-4-3-13-30-20)25-22(26)17-7-11-19(29-2)12-8-17/h3-14H,15H2,1-2H3,(H,24,27)(H,25,26)/b21-14-. The summed E-state index contributed by atoms with van der Waals surface area (Å²) >= 11 is 0. The number of carbonyl (C=O) groups excluding carboxylic acids is 2. The van der Waals surface area contributed by atoms with Crippen molar-refractivity contribution in [2.75, 3.05) is 14.2 Å². The molecule has 0 saturated carbocycles. The highest BCUT2D eigenvalue weighted by molar-refractivity contribution is 6.05. The Balaban J connectivity index is 1.72. The lowest BCUT2D eigenvalue weighted by atomic mass is 10.2. The third kappa shape index (κ3) is 5.51. The smallest absolute Gasteiger partial charge is 0.268 e. The molecule has 2 N–H and O–H groups in total. The molecule has 0 bridgehead atoms. The Morgan fingerprint density at radius 2 is 1.57 bits per heavy atom. The van der Waals surface area contributed by atoms with Gasteiger partial charge in [0.2, 0.25) is 0 Å². The molecule has 30 heavy (non-hydrogen) atoms. The van der Waals surface area contributed by atoms with E-state index in [0.717, 1.165) is 11.3 Å².